The van der Waals surface area contributed by atoms with Crippen molar-refractivity contribution >= 4 is 40.5 Å². The third-order valence-corrected chi connectivity index (χ3v) is 4.17. The molecule has 0 aliphatic heterocycles. The van der Waals surface area contributed by atoms with Crippen LogP contribution in [-0.4, -0.2) is 33.3 Å². The average molecular weight is 386 g/mol. The Hall–Kier alpha value is -4.20. The third-order valence-electron chi connectivity index (χ3n) is 4.17. The molecule has 0 saturated carbocycles. The first-order valence-electron chi connectivity index (χ1n) is 8.86. The molecule has 0 unspecified atom stereocenters. The number of ether oxygens (including phenoxy) is 1. The number of methoxy groups -OCH3 is 1. The zero-order valence-electron chi connectivity index (χ0n) is 15.6. The summed E-state index contributed by atoms with van der Waals surface area (Å²) in [6.45, 7) is 0. The summed E-state index contributed by atoms with van der Waals surface area (Å²) in [6, 6.07) is 14.1. The highest BCUT2D eigenvalue weighted by Gasteiger charge is 2.07. The van der Waals surface area contributed by atoms with Crippen LogP contribution < -0.4 is 15.4 Å². The Morgan fingerprint density at radius 2 is 1.72 bits per heavy atom. The Balaban J connectivity index is 1.45. The van der Waals surface area contributed by atoms with Crippen LogP contribution in [0.3, 0.4) is 0 Å². The fourth-order valence-corrected chi connectivity index (χ4v) is 2.76. The van der Waals surface area contributed by atoms with Gasteiger partial charge in [0.2, 0.25) is 0 Å². The van der Waals surface area contributed by atoms with Crippen LogP contribution >= 0.6 is 0 Å². The van der Waals surface area contributed by atoms with Crippen molar-refractivity contribution in [2.75, 3.05) is 17.7 Å². The maximum Gasteiger partial charge on any atom is 0.323 e. The number of nitrogens with zero attached hydrogens (tertiary/aromatic N) is 3. The summed E-state index contributed by atoms with van der Waals surface area (Å²) < 4.78 is 5.11. The number of carbonyl (C=O) groups excluding carboxylic acids is 1. The van der Waals surface area contributed by atoms with E-state index in [9.17, 15) is 4.79 Å². The van der Waals surface area contributed by atoms with E-state index in [2.05, 4.69) is 30.8 Å². The van der Waals surface area contributed by atoms with Gasteiger partial charge in [-0.15, -0.1) is 0 Å². The molecule has 0 saturated heterocycles. The lowest BCUT2D eigenvalue weighted by atomic mass is 10.2. The lowest BCUT2D eigenvalue weighted by Gasteiger charge is -2.08. The lowest BCUT2D eigenvalue weighted by molar-refractivity contribution is 0.262. The molecule has 2 aromatic carbocycles. The lowest BCUT2D eigenvalue weighted by Crippen LogP contribution is -2.19. The maximum absolute atomic E-state index is 12.2. The van der Waals surface area contributed by atoms with Crippen molar-refractivity contribution in [3.8, 4) is 5.75 Å². The minimum absolute atomic E-state index is 0.338. The molecule has 0 bridgehead atoms. The molecule has 0 spiro atoms. The Kier molecular flexibility index (Phi) is 5.15. The van der Waals surface area contributed by atoms with Gasteiger partial charge in [-0.1, -0.05) is 0 Å². The molecule has 3 N–H and O–H groups in total. The van der Waals surface area contributed by atoms with Crippen LogP contribution in [0.25, 0.3) is 23.1 Å². The number of aromatic amines is 1. The van der Waals surface area contributed by atoms with Gasteiger partial charge in [0.25, 0.3) is 0 Å². The number of H-pyrrole nitrogens is 1. The standard InChI is InChI=1S/C21H18N6O2/c1-29-16-6-3-14(4-7-16)24-21(28)25-15-5-8-17-18(26-27-19(17)13-15)9-10-20-22-11-2-12-23-20/h2-13H,1H3,(H,26,27)(H2,24,25,28)/b10-9+. The van der Waals surface area contributed by atoms with Crippen molar-refractivity contribution in [3.63, 3.8) is 0 Å². The van der Waals surface area contributed by atoms with Crippen LogP contribution in [0.4, 0.5) is 16.2 Å². The Bertz CT molecular complexity index is 1150. The van der Waals surface area contributed by atoms with Crippen LogP contribution in [0, 0.1) is 0 Å². The Labute approximate surface area is 166 Å². The molecule has 4 rings (SSSR count). The van der Waals surface area contributed by atoms with Gasteiger partial charge in [-0.25, -0.2) is 14.8 Å². The van der Waals surface area contributed by atoms with Gasteiger partial charge in [-0.05, 0) is 60.7 Å². The van der Waals surface area contributed by atoms with E-state index < -0.39 is 0 Å². The largest absolute Gasteiger partial charge is 0.497 e. The first-order chi connectivity index (χ1) is 14.2. The minimum atomic E-state index is -0.338. The predicted molar refractivity (Wildman–Crippen MR) is 113 cm³/mol. The first kappa shape index (κ1) is 18.2. The maximum atomic E-state index is 12.2. The van der Waals surface area contributed by atoms with Gasteiger partial charge < -0.3 is 15.4 Å². The molecule has 0 radical (unpaired) electrons. The van der Waals surface area contributed by atoms with Gasteiger partial charge in [0.15, 0.2) is 5.82 Å². The van der Waals surface area contributed by atoms with Gasteiger partial charge in [-0.3, -0.25) is 5.10 Å². The number of benzene rings is 2. The molecule has 8 heteroatoms. The van der Waals surface area contributed by atoms with Crippen LogP contribution in [0.15, 0.2) is 60.9 Å². The first-order valence-corrected chi connectivity index (χ1v) is 8.86. The smallest absolute Gasteiger partial charge is 0.323 e. The van der Waals surface area contributed by atoms with Crippen LogP contribution in [0.1, 0.15) is 11.5 Å². The van der Waals surface area contributed by atoms with Crippen LogP contribution in [0.2, 0.25) is 0 Å². The monoisotopic (exact) mass is 386 g/mol. The third kappa shape index (κ3) is 4.38. The molecule has 8 nitrogen and oxygen atoms in total. The summed E-state index contributed by atoms with van der Waals surface area (Å²) in [4.78, 5) is 20.5. The van der Waals surface area contributed by atoms with E-state index >= 15 is 0 Å². The number of rotatable bonds is 5. The van der Waals surface area contributed by atoms with Gasteiger partial charge in [0.1, 0.15) is 5.75 Å². The molecule has 0 fully saturated rings. The molecular formula is C21H18N6O2. The molecule has 2 aromatic heterocycles. The zero-order valence-corrected chi connectivity index (χ0v) is 15.6. The van der Waals surface area contributed by atoms with E-state index in [1.807, 2.05) is 24.3 Å². The van der Waals surface area contributed by atoms with Gasteiger partial charge in [-0.2, -0.15) is 5.10 Å². The highest BCUT2D eigenvalue weighted by molar-refractivity contribution is 6.01. The van der Waals surface area contributed by atoms with E-state index in [1.165, 1.54) is 0 Å². The summed E-state index contributed by atoms with van der Waals surface area (Å²) in [6.07, 6.45) is 7.01. The molecule has 29 heavy (non-hydrogen) atoms. The highest BCUT2D eigenvalue weighted by atomic mass is 16.5. The quantitative estimate of drug-likeness (QED) is 0.477. The summed E-state index contributed by atoms with van der Waals surface area (Å²) in [5, 5.41) is 13.8. The molecule has 2 amide bonds. The fraction of sp³-hybridized carbons (Fsp3) is 0.0476. The molecule has 0 atom stereocenters. The molecule has 0 aliphatic rings. The average Bonchev–Trinajstić information content (AvgIpc) is 3.15. The second-order valence-electron chi connectivity index (χ2n) is 6.12. The van der Waals surface area contributed by atoms with E-state index in [-0.39, 0.29) is 6.03 Å². The van der Waals surface area contributed by atoms with E-state index in [1.54, 1.807) is 55.9 Å². The van der Waals surface area contributed by atoms with E-state index in [0.29, 0.717) is 17.2 Å². The number of carbonyl (C=O) groups is 1. The molecule has 2 heterocycles. The molecule has 0 aliphatic carbocycles. The van der Waals surface area contributed by atoms with Crippen LogP contribution in [0.5, 0.6) is 5.75 Å². The predicted octanol–water partition coefficient (Wildman–Crippen LogP) is 4.18. The van der Waals surface area contributed by atoms with Gasteiger partial charge in [0.05, 0.1) is 18.3 Å². The second kappa shape index (κ2) is 8.22. The number of nitrogens with one attached hydrogen (secondary N) is 3. The number of aromatic nitrogens is 4. The number of hydrogen-bond acceptors (Lipinski definition) is 5. The van der Waals surface area contributed by atoms with Crippen molar-refractivity contribution in [1.82, 2.24) is 20.2 Å². The van der Waals surface area contributed by atoms with Gasteiger partial charge in [0, 0.05) is 29.2 Å². The minimum Gasteiger partial charge on any atom is -0.497 e. The van der Waals surface area contributed by atoms with Crippen molar-refractivity contribution in [2.45, 2.75) is 0 Å². The number of amides is 2. The second-order valence-corrected chi connectivity index (χ2v) is 6.12. The molecule has 144 valence electrons. The van der Waals surface area contributed by atoms with Crippen LogP contribution in [-0.2, 0) is 0 Å². The topological polar surface area (TPSA) is 105 Å². The Morgan fingerprint density at radius 1 is 1.00 bits per heavy atom. The van der Waals surface area contributed by atoms with Gasteiger partial charge >= 0.3 is 6.03 Å². The van der Waals surface area contributed by atoms with E-state index in [0.717, 1.165) is 22.3 Å². The van der Waals surface area contributed by atoms with Crippen molar-refractivity contribution in [1.29, 1.82) is 0 Å². The summed E-state index contributed by atoms with van der Waals surface area (Å²) in [7, 11) is 1.59. The number of anilines is 2. The number of hydrogen-bond donors (Lipinski definition) is 3. The van der Waals surface area contributed by atoms with E-state index in [4.69, 9.17) is 4.74 Å². The fourth-order valence-electron chi connectivity index (χ4n) is 2.76. The SMILES string of the molecule is COc1ccc(NC(=O)Nc2ccc3c(/C=C/c4ncccn4)n[nH]c3c2)cc1. The van der Waals surface area contributed by atoms with Crippen molar-refractivity contribution < 1.29 is 9.53 Å². The molecular weight excluding hydrogens is 368 g/mol. The van der Waals surface area contributed by atoms with Crippen molar-refractivity contribution in [3.05, 3.63) is 72.4 Å². The Morgan fingerprint density at radius 3 is 2.48 bits per heavy atom. The molecule has 4 aromatic rings. The number of urea groups is 1. The summed E-state index contributed by atoms with van der Waals surface area (Å²) >= 11 is 0. The summed E-state index contributed by atoms with van der Waals surface area (Å²) in [5.74, 6) is 1.33. The van der Waals surface area contributed by atoms with Crippen molar-refractivity contribution in [2.24, 2.45) is 0 Å². The zero-order chi connectivity index (χ0) is 20.1. The highest BCUT2D eigenvalue weighted by Crippen LogP contribution is 2.22. The number of fused-ring (bicyclic) bond motifs is 1. The summed E-state index contributed by atoms with van der Waals surface area (Å²) in [5.41, 5.74) is 2.89. The normalized spacial score (nSPS) is 10.9.